The minimum atomic E-state index is -4.90. The van der Waals surface area contributed by atoms with Crippen LogP contribution in [0, 0.1) is 5.82 Å². The number of ether oxygens (including phenoxy) is 1. The Labute approximate surface area is 83.9 Å². The van der Waals surface area contributed by atoms with Crippen molar-refractivity contribution in [2.45, 2.75) is 26.1 Å². The minimum Gasteiger partial charge on any atom is -0.401 e. The summed E-state index contributed by atoms with van der Waals surface area (Å²) >= 11 is 0. The molecule has 0 aromatic carbocycles. The number of aromatic nitrogens is 1. The number of hydrogen-bond acceptors (Lipinski definition) is 2. The molecular formula is C9H9F4NO. The van der Waals surface area contributed by atoms with E-state index in [4.69, 9.17) is 0 Å². The highest BCUT2D eigenvalue weighted by Gasteiger charge is 2.33. The third-order valence-corrected chi connectivity index (χ3v) is 1.72. The first-order valence-corrected chi connectivity index (χ1v) is 4.20. The zero-order valence-corrected chi connectivity index (χ0v) is 8.10. The van der Waals surface area contributed by atoms with Crippen molar-refractivity contribution in [1.82, 2.24) is 4.98 Å². The van der Waals surface area contributed by atoms with Crippen molar-refractivity contribution in [2.75, 3.05) is 0 Å². The van der Waals surface area contributed by atoms with Crippen molar-refractivity contribution in [3.8, 4) is 5.75 Å². The highest BCUT2D eigenvalue weighted by atomic mass is 19.4. The molecule has 0 saturated heterocycles. The maximum atomic E-state index is 13.4. The van der Waals surface area contributed by atoms with E-state index >= 15 is 0 Å². The number of halogens is 4. The van der Waals surface area contributed by atoms with Crippen LogP contribution in [0.1, 0.15) is 25.3 Å². The molecule has 0 aliphatic rings. The molecule has 0 radical (unpaired) electrons. The van der Waals surface area contributed by atoms with Gasteiger partial charge in [-0.05, 0) is 5.92 Å². The van der Waals surface area contributed by atoms with Gasteiger partial charge in [0.25, 0.3) is 0 Å². The third-order valence-electron chi connectivity index (χ3n) is 1.72. The third kappa shape index (κ3) is 3.07. The van der Waals surface area contributed by atoms with E-state index < -0.39 is 17.9 Å². The lowest BCUT2D eigenvalue weighted by Crippen LogP contribution is -2.18. The van der Waals surface area contributed by atoms with E-state index in [1.807, 2.05) is 0 Å². The minimum absolute atomic E-state index is 0.0942. The fraction of sp³-hybridized carbons (Fsp3) is 0.444. The summed E-state index contributed by atoms with van der Waals surface area (Å²) in [4.78, 5) is 3.49. The molecular weight excluding hydrogens is 214 g/mol. The van der Waals surface area contributed by atoms with Gasteiger partial charge in [0.2, 0.25) is 0 Å². The van der Waals surface area contributed by atoms with Gasteiger partial charge in [0.1, 0.15) is 0 Å². The lowest BCUT2D eigenvalue weighted by atomic mass is 10.1. The van der Waals surface area contributed by atoms with Gasteiger partial charge in [-0.15, -0.1) is 13.2 Å². The fourth-order valence-corrected chi connectivity index (χ4v) is 1.04. The molecule has 1 aromatic heterocycles. The fourth-order valence-electron chi connectivity index (χ4n) is 1.04. The van der Waals surface area contributed by atoms with E-state index in [0.717, 1.165) is 0 Å². The average molecular weight is 223 g/mol. The monoisotopic (exact) mass is 223 g/mol. The van der Waals surface area contributed by atoms with Crippen LogP contribution in [0.2, 0.25) is 0 Å². The molecule has 84 valence electrons. The summed E-state index contributed by atoms with van der Waals surface area (Å²) in [6, 6.07) is 0. The Morgan fingerprint density at radius 1 is 1.27 bits per heavy atom. The molecule has 1 heterocycles. The van der Waals surface area contributed by atoms with Crippen LogP contribution in [0.15, 0.2) is 12.4 Å². The van der Waals surface area contributed by atoms with Crippen molar-refractivity contribution in [3.63, 3.8) is 0 Å². The summed E-state index contributed by atoms with van der Waals surface area (Å²) < 4.78 is 52.4. The number of rotatable bonds is 2. The Morgan fingerprint density at radius 3 is 2.33 bits per heavy atom. The molecule has 0 unspecified atom stereocenters. The molecule has 2 nitrogen and oxygen atoms in total. The Balaban J connectivity index is 3.05. The quantitative estimate of drug-likeness (QED) is 0.718. The summed E-state index contributed by atoms with van der Waals surface area (Å²) in [6.07, 6.45) is -3.02. The van der Waals surface area contributed by atoms with Crippen LogP contribution in [0.5, 0.6) is 5.75 Å². The molecule has 0 aliphatic carbocycles. The van der Waals surface area contributed by atoms with Gasteiger partial charge in [-0.2, -0.15) is 0 Å². The highest BCUT2D eigenvalue weighted by molar-refractivity contribution is 5.28. The topological polar surface area (TPSA) is 22.1 Å². The predicted octanol–water partition coefficient (Wildman–Crippen LogP) is 3.24. The van der Waals surface area contributed by atoms with E-state index in [9.17, 15) is 17.6 Å². The van der Waals surface area contributed by atoms with Gasteiger partial charge < -0.3 is 4.74 Å². The first-order valence-electron chi connectivity index (χ1n) is 4.20. The Hall–Kier alpha value is -1.33. The van der Waals surface area contributed by atoms with Crippen LogP contribution in [0.25, 0.3) is 0 Å². The molecule has 0 amide bonds. The molecule has 6 heteroatoms. The standard InChI is InChI=1S/C9H9F4NO/c1-5(2)6-3-14-4-7(8(6)10)15-9(11,12)13/h3-5H,1-2H3. The number of pyridine rings is 1. The van der Waals surface area contributed by atoms with Gasteiger partial charge in [-0.25, -0.2) is 4.39 Å². The number of nitrogens with zero attached hydrogens (tertiary/aromatic N) is 1. The van der Waals surface area contributed by atoms with E-state index in [-0.39, 0.29) is 11.5 Å². The van der Waals surface area contributed by atoms with Gasteiger partial charge in [0, 0.05) is 11.8 Å². The van der Waals surface area contributed by atoms with Crippen LogP contribution in [-0.2, 0) is 0 Å². The van der Waals surface area contributed by atoms with Gasteiger partial charge >= 0.3 is 6.36 Å². The smallest absolute Gasteiger partial charge is 0.401 e. The Kier molecular flexibility index (Phi) is 3.16. The molecule has 0 fully saturated rings. The van der Waals surface area contributed by atoms with Crippen molar-refractivity contribution in [3.05, 3.63) is 23.8 Å². The lowest BCUT2D eigenvalue weighted by Gasteiger charge is -2.12. The molecule has 0 N–H and O–H groups in total. The Bertz CT molecular complexity index is 348. The second kappa shape index (κ2) is 4.04. The lowest BCUT2D eigenvalue weighted by molar-refractivity contribution is -0.275. The van der Waals surface area contributed by atoms with Crippen molar-refractivity contribution < 1.29 is 22.3 Å². The van der Waals surface area contributed by atoms with Crippen molar-refractivity contribution in [1.29, 1.82) is 0 Å². The predicted molar refractivity (Wildman–Crippen MR) is 45.0 cm³/mol. The molecule has 0 bridgehead atoms. The highest BCUT2D eigenvalue weighted by Crippen LogP contribution is 2.28. The first kappa shape index (κ1) is 11.7. The van der Waals surface area contributed by atoms with E-state index in [2.05, 4.69) is 9.72 Å². The van der Waals surface area contributed by atoms with E-state index in [1.54, 1.807) is 13.8 Å². The zero-order chi connectivity index (χ0) is 11.6. The largest absolute Gasteiger partial charge is 0.573 e. The van der Waals surface area contributed by atoms with Crippen LogP contribution < -0.4 is 4.74 Å². The van der Waals surface area contributed by atoms with Crippen LogP contribution >= 0.6 is 0 Å². The molecule has 0 aliphatic heterocycles. The van der Waals surface area contributed by atoms with Gasteiger partial charge in [0.15, 0.2) is 11.6 Å². The molecule has 1 rings (SSSR count). The summed E-state index contributed by atoms with van der Waals surface area (Å²) in [6.45, 7) is 3.30. The summed E-state index contributed by atoms with van der Waals surface area (Å²) in [7, 11) is 0. The van der Waals surface area contributed by atoms with Gasteiger partial charge in [-0.1, -0.05) is 13.8 Å². The molecule has 15 heavy (non-hydrogen) atoms. The van der Waals surface area contributed by atoms with E-state index in [1.165, 1.54) is 6.20 Å². The van der Waals surface area contributed by atoms with E-state index in [0.29, 0.717) is 6.20 Å². The molecule has 0 atom stereocenters. The first-order chi connectivity index (χ1) is 6.81. The number of alkyl halides is 3. The normalized spacial score (nSPS) is 11.9. The average Bonchev–Trinajstić information content (AvgIpc) is 2.05. The summed E-state index contributed by atoms with van der Waals surface area (Å²) in [5, 5.41) is 0. The summed E-state index contributed by atoms with van der Waals surface area (Å²) in [5.41, 5.74) is 0.0942. The van der Waals surface area contributed by atoms with Crippen molar-refractivity contribution >= 4 is 0 Å². The van der Waals surface area contributed by atoms with Gasteiger partial charge in [0.05, 0.1) is 6.20 Å². The van der Waals surface area contributed by atoms with Crippen molar-refractivity contribution in [2.24, 2.45) is 0 Å². The van der Waals surface area contributed by atoms with Crippen LogP contribution in [0.3, 0.4) is 0 Å². The van der Waals surface area contributed by atoms with Crippen LogP contribution in [0.4, 0.5) is 17.6 Å². The maximum Gasteiger partial charge on any atom is 0.573 e. The van der Waals surface area contributed by atoms with Crippen LogP contribution in [-0.4, -0.2) is 11.3 Å². The summed E-state index contributed by atoms with van der Waals surface area (Å²) in [5.74, 6) is -2.17. The Morgan fingerprint density at radius 2 is 1.87 bits per heavy atom. The molecule has 0 spiro atoms. The number of hydrogen-bond donors (Lipinski definition) is 0. The second-order valence-corrected chi connectivity index (χ2v) is 3.24. The molecule has 1 aromatic rings. The SMILES string of the molecule is CC(C)c1cncc(OC(F)(F)F)c1F. The van der Waals surface area contributed by atoms with Gasteiger partial charge in [-0.3, -0.25) is 4.98 Å². The molecule has 0 saturated carbocycles. The zero-order valence-electron chi connectivity index (χ0n) is 8.10. The second-order valence-electron chi connectivity index (χ2n) is 3.24. The maximum absolute atomic E-state index is 13.4.